The minimum Gasteiger partial charge on any atom is -0.341 e. The summed E-state index contributed by atoms with van der Waals surface area (Å²) in [6, 6.07) is 0.666. The molecule has 92 valence electrons. The number of hydrogen-bond acceptors (Lipinski definition) is 3. The number of nitrogens with two attached hydrogens (primary N) is 1. The lowest BCUT2D eigenvalue weighted by atomic mass is 9.79. The van der Waals surface area contributed by atoms with Gasteiger partial charge in [0.2, 0.25) is 5.91 Å². The maximum absolute atomic E-state index is 12.1. The molecule has 0 radical (unpaired) electrons. The van der Waals surface area contributed by atoms with Gasteiger partial charge >= 0.3 is 0 Å². The Bertz CT molecular complexity index is 263. The zero-order chi connectivity index (χ0) is 11.7. The van der Waals surface area contributed by atoms with E-state index in [0.717, 1.165) is 32.4 Å². The first-order valence-electron chi connectivity index (χ1n) is 6.28. The number of nitrogens with zero attached hydrogens (tertiary/aromatic N) is 2. The molecular formula is C12H23N3O. The Morgan fingerprint density at radius 2 is 2.12 bits per heavy atom. The largest absolute Gasteiger partial charge is 0.341 e. The highest BCUT2D eigenvalue weighted by atomic mass is 16.2. The van der Waals surface area contributed by atoms with Gasteiger partial charge in [0.15, 0.2) is 0 Å². The van der Waals surface area contributed by atoms with E-state index in [2.05, 4.69) is 11.9 Å². The SMILES string of the molecule is CN1CCCC(N(C)C(=O)C2CC(N)C2)C1. The van der Waals surface area contributed by atoms with Crippen molar-refractivity contribution in [2.24, 2.45) is 11.7 Å². The Morgan fingerprint density at radius 1 is 1.44 bits per heavy atom. The van der Waals surface area contributed by atoms with E-state index in [0.29, 0.717) is 11.9 Å². The molecule has 0 aromatic carbocycles. The third kappa shape index (κ3) is 2.38. The van der Waals surface area contributed by atoms with Crippen LogP contribution in [0.5, 0.6) is 0 Å². The summed E-state index contributed by atoms with van der Waals surface area (Å²) in [4.78, 5) is 16.4. The van der Waals surface area contributed by atoms with Crippen LogP contribution < -0.4 is 5.73 Å². The molecule has 1 saturated carbocycles. The standard InChI is InChI=1S/C12H23N3O/c1-14-5-3-4-11(8-14)15(2)12(16)9-6-10(13)7-9/h9-11H,3-8,13H2,1-2H3. The third-order valence-corrected chi connectivity index (χ3v) is 4.02. The summed E-state index contributed by atoms with van der Waals surface area (Å²) >= 11 is 0. The predicted octanol–water partition coefficient (Wildman–Crippen LogP) is 0.276. The van der Waals surface area contributed by atoms with Gasteiger partial charge in [-0.3, -0.25) is 4.79 Å². The molecule has 1 atom stereocenters. The van der Waals surface area contributed by atoms with E-state index in [1.165, 1.54) is 6.42 Å². The predicted molar refractivity (Wildman–Crippen MR) is 64.0 cm³/mol. The molecule has 2 rings (SSSR count). The lowest BCUT2D eigenvalue weighted by Crippen LogP contribution is -2.52. The van der Waals surface area contributed by atoms with Crippen LogP contribution in [0, 0.1) is 5.92 Å². The van der Waals surface area contributed by atoms with Gasteiger partial charge in [-0.1, -0.05) is 0 Å². The zero-order valence-electron chi connectivity index (χ0n) is 10.4. The summed E-state index contributed by atoms with van der Waals surface area (Å²) in [7, 11) is 4.08. The molecule has 1 amide bonds. The normalized spacial score (nSPS) is 35.6. The van der Waals surface area contributed by atoms with Crippen LogP contribution in [0.2, 0.25) is 0 Å². The van der Waals surface area contributed by atoms with Gasteiger partial charge in [0, 0.05) is 31.6 Å². The lowest BCUT2D eigenvalue weighted by Gasteiger charge is -2.40. The number of rotatable bonds is 2. The van der Waals surface area contributed by atoms with Crippen LogP contribution in [0.15, 0.2) is 0 Å². The van der Waals surface area contributed by atoms with Gasteiger partial charge in [-0.25, -0.2) is 0 Å². The van der Waals surface area contributed by atoms with Gasteiger partial charge in [0.05, 0.1) is 0 Å². The highest BCUT2D eigenvalue weighted by molar-refractivity contribution is 5.80. The molecule has 0 aromatic rings. The van der Waals surface area contributed by atoms with Crippen LogP contribution in [-0.2, 0) is 4.79 Å². The Morgan fingerprint density at radius 3 is 2.69 bits per heavy atom. The van der Waals surface area contributed by atoms with Crippen molar-refractivity contribution in [2.75, 3.05) is 27.2 Å². The summed E-state index contributed by atoms with van der Waals surface area (Å²) in [5, 5.41) is 0. The van der Waals surface area contributed by atoms with Crippen molar-refractivity contribution in [2.45, 2.75) is 37.8 Å². The Kier molecular flexibility index (Phi) is 3.50. The van der Waals surface area contributed by atoms with E-state index in [9.17, 15) is 4.79 Å². The molecule has 4 heteroatoms. The summed E-state index contributed by atoms with van der Waals surface area (Å²) in [5.41, 5.74) is 5.73. The maximum Gasteiger partial charge on any atom is 0.225 e. The molecule has 1 saturated heterocycles. The van der Waals surface area contributed by atoms with E-state index in [1.807, 2.05) is 11.9 Å². The van der Waals surface area contributed by atoms with Crippen LogP contribution in [0.4, 0.5) is 0 Å². The Hall–Kier alpha value is -0.610. The van der Waals surface area contributed by atoms with Gasteiger partial charge in [-0.15, -0.1) is 0 Å². The molecule has 2 aliphatic rings. The molecule has 0 spiro atoms. The monoisotopic (exact) mass is 225 g/mol. The second kappa shape index (κ2) is 4.72. The first kappa shape index (κ1) is 11.9. The molecule has 0 bridgehead atoms. The van der Waals surface area contributed by atoms with Crippen LogP contribution >= 0.6 is 0 Å². The second-order valence-electron chi connectivity index (χ2n) is 5.44. The molecule has 2 N–H and O–H groups in total. The number of piperidine rings is 1. The van der Waals surface area contributed by atoms with Crippen LogP contribution in [0.1, 0.15) is 25.7 Å². The fraction of sp³-hybridized carbons (Fsp3) is 0.917. The summed E-state index contributed by atoms with van der Waals surface area (Å²) in [6.45, 7) is 2.17. The van der Waals surface area contributed by atoms with E-state index in [4.69, 9.17) is 5.73 Å². The average Bonchev–Trinajstić information content (AvgIpc) is 2.23. The first-order valence-corrected chi connectivity index (χ1v) is 6.28. The molecular weight excluding hydrogens is 202 g/mol. The van der Waals surface area contributed by atoms with Crippen LogP contribution in [0.3, 0.4) is 0 Å². The molecule has 1 aliphatic carbocycles. The molecule has 2 fully saturated rings. The van der Waals surface area contributed by atoms with Crippen molar-refractivity contribution in [3.63, 3.8) is 0 Å². The van der Waals surface area contributed by atoms with Gasteiger partial charge in [-0.2, -0.15) is 0 Å². The maximum atomic E-state index is 12.1. The zero-order valence-corrected chi connectivity index (χ0v) is 10.4. The minimum atomic E-state index is 0.201. The smallest absolute Gasteiger partial charge is 0.225 e. The van der Waals surface area contributed by atoms with Crippen molar-refractivity contribution in [1.82, 2.24) is 9.80 Å². The molecule has 4 nitrogen and oxygen atoms in total. The quantitative estimate of drug-likeness (QED) is 0.734. The molecule has 16 heavy (non-hydrogen) atoms. The van der Waals surface area contributed by atoms with E-state index in [1.54, 1.807) is 0 Å². The van der Waals surface area contributed by atoms with Crippen molar-refractivity contribution >= 4 is 5.91 Å². The van der Waals surface area contributed by atoms with Gasteiger partial charge in [0.1, 0.15) is 0 Å². The third-order valence-electron chi connectivity index (χ3n) is 4.02. The highest BCUT2D eigenvalue weighted by Crippen LogP contribution is 2.28. The highest BCUT2D eigenvalue weighted by Gasteiger charge is 2.36. The molecule has 0 aromatic heterocycles. The van der Waals surface area contributed by atoms with Crippen LogP contribution in [-0.4, -0.2) is 55.0 Å². The number of carbonyl (C=O) groups excluding carboxylic acids is 1. The van der Waals surface area contributed by atoms with Crippen molar-refractivity contribution in [3.05, 3.63) is 0 Å². The van der Waals surface area contributed by atoms with Crippen molar-refractivity contribution in [3.8, 4) is 0 Å². The number of likely N-dealkylation sites (tertiary alicyclic amines) is 1. The van der Waals surface area contributed by atoms with Crippen molar-refractivity contribution in [1.29, 1.82) is 0 Å². The lowest BCUT2D eigenvalue weighted by molar-refractivity contribution is -0.140. The number of likely N-dealkylation sites (N-methyl/N-ethyl adjacent to an activating group) is 2. The number of amides is 1. The first-order chi connectivity index (χ1) is 7.58. The number of hydrogen-bond donors (Lipinski definition) is 1. The fourth-order valence-electron chi connectivity index (χ4n) is 2.79. The average molecular weight is 225 g/mol. The Balaban J connectivity index is 1.86. The number of carbonyl (C=O) groups is 1. The van der Waals surface area contributed by atoms with E-state index < -0.39 is 0 Å². The van der Waals surface area contributed by atoms with Gasteiger partial charge < -0.3 is 15.5 Å². The minimum absolute atomic E-state index is 0.201. The Labute approximate surface area is 97.8 Å². The topological polar surface area (TPSA) is 49.6 Å². The summed E-state index contributed by atoms with van der Waals surface area (Å²) in [6.07, 6.45) is 4.10. The van der Waals surface area contributed by atoms with Crippen molar-refractivity contribution < 1.29 is 4.79 Å². The van der Waals surface area contributed by atoms with E-state index in [-0.39, 0.29) is 12.0 Å². The molecule has 1 unspecified atom stereocenters. The molecule has 1 aliphatic heterocycles. The van der Waals surface area contributed by atoms with Gasteiger partial charge in [-0.05, 0) is 39.3 Å². The summed E-state index contributed by atoms with van der Waals surface area (Å²) < 4.78 is 0. The summed E-state index contributed by atoms with van der Waals surface area (Å²) in [5.74, 6) is 0.509. The van der Waals surface area contributed by atoms with Crippen LogP contribution in [0.25, 0.3) is 0 Å². The van der Waals surface area contributed by atoms with Gasteiger partial charge in [0.25, 0.3) is 0 Å². The fourth-order valence-corrected chi connectivity index (χ4v) is 2.79. The van der Waals surface area contributed by atoms with E-state index >= 15 is 0 Å². The second-order valence-corrected chi connectivity index (χ2v) is 5.44. The molecule has 1 heterocycles.